The Kier molecular flexibility index (Phi) is 7.56. The van der Waals surface area contributed by atoms with Crippen LogP contribution in [0.4, 0.5) is 0 Å². The zero-order valence-electron chi connectivity index (χ0n) is 20.0. The van der Waals surface area contributed by atoms with Gasteiger partial charge in [0.1, 0.15) is 6.29 Å². The van der Waals surface area contributed by atoms with Gasteiger partial charge in [0.05, 0.1) is 6.10 Å². The molecule has 0 bridgehead atoms. The number of aldehydes is 1. The Morgan fingerprint density at radius 3 is 2.31 bits per heavy atom. The summed E-state index contributed by atoms with van der Waals surface area (Å²) in [7, 11) is 0. The van der Waals surface area contributed by atoms with E-state index in [4.69, 9.17) is 0 Å². The van der Waals surface area contributed by atoms with Gasteiger partial charge < -0.3 is 9.90 Å². The zero-order valence-corrected chi connectivity index (χ0v) is 20.0. The maximum atomic E-state index is 11.4. The molecule has 0 heterocycles. The molecule has 0 aromatic carbocycles. The minimum Gasteiger partial charge on any atom is -0.393 e. The van der Waals surface area contributed by atoms with Crippen molar-refractivity contribution in [2.45, 2.75) is 118 Å². The second-order valence-corrected chi connectivity index (χ2v) is 12.1. The van der Waals surface area contributed by atoms with Gasteiger partial charge in [0.2, 0.25) is 0 Å². The molecule has 0 spiro atoms. The van der Waals surface area contributed by atoms with E-state index in [1.165, 1.54) is 51.4 Å². The number of rotatable bonds is 8. The molecule has 0 amide bonds. The number of hydrogen-bond donors (Lipinski definition) is 1. The molecule has 1 N–H and O–H groups in total. The van der Waals surface area contributed by atoms with Crippen molar-refractivity contribution in [2.24, 2.45) is 46.3 Å². The first kappa shape index (κ1) is 23.3. The van der Waals surface area contributed by atoms with Crippen LogP contribution in [0.1, 0.15) is 112 Å². The Labute approximate surface area is 180 Å². The molecule has 8 atom stereocenters. The molecule has 0 aromatic rings. The third-order valence-electron chi connectivity index (χ3n) is 10.2. The second kappa shape index (κ2) is 9.41. The SMILES string of the molecule is CC(C)CCCCC1CCC2C(C)C(C3(C)CCC(O)CC3CC=O)CCC12C. The molecule has 8 unspecified atom stereocenters. The molecule has 3 fully saturated rings. The van der Waals surface area contributed by atoms with Crippen molar-refractivity contribution in [1.29, 1.82) is 0 Å². The molecule has 168 valence electrons. The number of carbonyl (C=O) groups excluding carboxylic acids is 1. The van der Waals surface area contributed by atoms with E-state index in [-0.39, 0.29) is 11.5 Å². The van der Waals surface area contributed by atoms with Crippen LogP contribution in [0.5, 0.6) is 0 Å². The highest BCUT2D eigenvalue weighted by Gasteiger charge is 2.56. The van der Waals surface area contributed by atoms with E-state index in [9.17, 15) is 9.90 Å². The lowest BCUT2D eigenvalue weighted by Gasteiger charge is -2.56. The average molecular weight is 405 g/mol. The lowest BCUT2D eigenvalue weighted by molar-refractivity contribution is -0.116. The van der Waals surface area contributed by atoms with Crippen LogP contribution in [-0.2, 0) is 4.79 Å². The highest BCUT2D eigenvalue weighted by molar-refractivity contribution is 5.50. The summed E-state index contributed by atoms with van der Waals surface area (Å²) in [4.78, 5) is 11.4. The summed E-state index contributed by atoms with van der Waals surface area (Å²) in [5.41, 5.74) is 0.773. The van der Waals surface area contributed by atoms with Crippen molar-refractivity contribution in [1.82, 2.24) is 0 Å². The van der Waals surface area contributed by atoms with Crippen molar-refractivity contribution in [3.63, 3.8) is 0 Å². The van der Waals surface area contributed by atoms with Gasteiger partial charge in [-0.3, -0.25) is 0 Å². The van der Waals surface area contributed by atoms with Gasteiger partial charge in [-0.15, -0.1) is 0 Å². The normalized spacial score (nSPS) is 45.3. The Bertz CT molecular complexity index is 543. The number of unbranched alkanes of at least 4 members (excludes halogenated alkanes) is 1. The standard InChI is InChI=1S/C27H48O2/c1-19(2)8-6-7-9-21-10-11-24-20(3)25(13-16-26(21,24)4)27(5)15-12-23(29)18-22(27)14-17-28/h17,19-25,29H,6-16,18H2,1-5H3. The van der Waals surface area contributed by atoms with Crippen LogP contribution in [0, 0.1) is 46.3 Å². The van der Waals surface area contributed by atoms with Crippen molar-refractivity contribution in [2.75, 3.05) is 0 Å². The quantitative estimate of drug-likeness (QED) is 0.348. The lowest BCUT2D eigenvalue weighted by Crippen LogP contribution is -2.50. The third-order valence-corrected chi connectivity index (χ3v) is 10.2. The topological polar surface area (TPSA) is 37.3 Å². The molecule has 2 nitrogen and oxygen atoms in total. The van der Waals surface area contributed by atoms with E-state index in [0.717, 1.165) is 55.1 Å². The van der Waals surface area contributed by atoms with Crippen LogP contribution in [0.2, 0.25) is 0 Å². The maximum absolute atomic E-state index is 11.4. The predicted molar refractivity (Wildman–Crippen MR) is 122 cm³/mol. The van der Waals surface area contributed by atoms with Gasteiger partial charge in [-0.05, 0) is 97.7 Å². The van der Waals surface area contributed by atoms with Crippen LogP contribution in [0.3, 0.4) is 0 Å². The third kappa shape index (κ3) is 4.63. The number of carbonyl (C=O) groups is 1. The molecule has 3 rings (SSSR count). The molecule has 2 heteroatoms. The molecular formula is C27H48O2. The predicted octanol–water partition coefficient (Wildman–Crippen LogP) is 7.04. The molecule has 29 heavy (non-hydrogen) atoms. The Hall–Kier alpha value is -0.370. The smallest absolute Gasteiger partial charge is 0.120 e. The fourth-order valence-corrected chi connectivity index (χ4v) is 8.32. The Morgan fingerprint density at radius 1 is 0.966 bits per heavy atom. The summed E-state index contributed by atoms with van der Waals surface area (Å²) in [6, 6.07) is 0. The average Bonchev–Trinajstić information content (AvgIpc) is 2.99. The molecule has 3 aliphatic rings. The second-order valence-electron chi connectivity index (χ2n) is 12.1. The van der Waals surface area contributed by atoms with Gasteiger partial charge >= 0.3 is 0 Å². The van der Waals surface area contributed by atoms with Crippen molar-refractivity contribution in [3.05, 3.63) is 0 Å². The first-order valence-electron chi connectivity index (χ1n) is 12.8. The van der Waals surface area contributed by atoms with Gasteiger partial charge in [-0.1, -0.05) is 53.9 Å². The Balaban J connectivity index is 1.67. The fourth-order valence-electron chi connectivity index (χ4n) is 8.32. The van der Waals surface area contributed by atoms with Crippen LogP contribution < -0.4 is 0 Å². The molecule has 3 saturated carbocycles. The van der Waals surface area contributed by atoms with E-state index < -0.39 is 0 Å². The van der Waals surface area contributed by atoms with Crippen LogP contribution >= 0.6 is 0 Å². The molecule has 3 aliphatic carbocycles. The zero-order chi connectivity index (χ0) is 21.2. The Morgan fingerprint density at radius 2 is 1.62 bits per heavy atom. The minimum atomic E-state index is -0.195. The number of aliphatic hydroxyl groups is 1. The maximum Gasteiger partial charge on any atom is 0.120 e. The summed E-state index contributed by atoms with van der Waals surface area (Å²) in [5.74, 6) is 4.47. The monoisotopic (exact) mass is 404 g/mol. The van der Waals surface area contributed by atoms with Crippen LogP contribution in [-0.4, -0.2) is 17.5 Å². The lowest BCUT2D eigenvalue weighted by atomic mass is 9.48. The molecule has 0 radical (unpaired) electrons. The van der Waals surface area contributed by atoms with Gasteiger partial charge in [-0.25, -0.2) is 0 Å². The van der Waals surface area contributed by atoms with Crippen molar-refractivity contribution in [3.8, 4) is 0 Å². The molecule has 0 saturated heterocycles. The molecular weight excluding hydrogens is 356 g/mol. The van der Waals surface area contributed by atoms with E-state index in [0.29, 0.717) is 17.8 Å². The summed E-state index contributed by atoms with van der Waals surface area (Å²) in [5, 5.41) is 10.2. The van der Waals surface area contributed by atoms with E-state index >= 15 is 0 Å². The van der Waals surface area contributed by atoms with Crippen LogP contribution in [0.25, 0.3) is 0 Å². The highest BCUT2D eigenvalue weighted by atomic mass is 16.3. The first-order chi connectivity index (χ1) is 13.7. The largest absolute Gasteiger partial charge is 0.393 e. The van der Waals surface area contributed by atoms with E-state index in [1.807, 2.05) is 0 Å². The van der Waals surface area contributed by atoms with Gasteiger partial charge in [0, 0.05) is 6.42 Å². The van der Waals surface area contributed by atoms with Crippen molar-refractivity contribution >= 4 is 6.29 Å². The number of aliphatic hydroxyl groups excluding tert-OH is 1. The van der Waals surface area contributed by atoms with Crippen LogP contribution in [0.15, 0.2) is 0 Å². The molecule has 0 aliphatic heterocycles. The van der Waals surface area contributed by atoms with Gasteiger partial charge in [-0.2, -0.15) is 0 Å². The van der Waals surface area contributed by atoms with Gasteiger partial charge in [0.15, 0.2) is 0 Å². The van der Waals surface area contributed by atoms with E-state index in [2.05, 4.69) is 34.6 Å². The summed E-state index contributed by atoms with van der Waals surface area (Å²) >= 11 is 0. The summed E-state index contributed by atoms with van der Waals surface area (Å²) < 4.78 is 0. The first-order valence-corrected chi connectivity index (χ1v) is 12.8. The summed E-state index contributed by atoms with van der Waals surface area (Å²) in [6.07, 6.45) is 15.6. The fraction of sp³-hybridized carbons (Fsp3) is 0.963. The van der Waals surface area contributed by atoms with E-state index in [1.54, 1.807) is 0 Å². The number of fused-ring (bicyclic) bond motifs is 1. The number of hydrogen-bond acceptors (Lipinski definition) is 2. The highest BCUT2D eigenvalue weighted by Crippen LogP contribution is 2.64. The van der Waals surface area contributed by atoms with Crippen molar-refractivity contribution < 1.29 is 9.90 Å². The summed E-state index contributed by atoms with van der Waals surface area (Å²) in [6.45, 7) is 12.3. The van der Waals surface area contributed by atoms with Gasteiger partial charge in [0.25, 0.3) is 0 Å². The minimum absolute atomic E-state index is 0.195. The molecule has 0 aromatic heterocycles.